The summed E-state index contributed by atoms with van der Waals surface area (Å²) in [5.74, 6) is 0.381. The Balaban J connectivity index is 1.89. The van der Waals surface area contributed by atoms with Gasteiger partial charge in [-0.1, -0.05) is 54.6 Å². The fourth-order valence-electron chi connectivity index (χ4n) is 3.05. The van der Waals surface area contributed by atoms with Crippen molar-refractivity contribution in [3.63, 3.8) is 0 Å². The summed E-state index contributed by atoms with van der Waals surface area (Å²) in [7, 11) is 0. The zero-order valence-corrected chi connectivity index (χ0v) is 14.2. The average Bonchev–Trinajstić information content (AvgIpc) is 2.86. The molecule has 0 aromatic heterocycles. The molecule has 22 heavy (non-hydrogen) atoms. The van der Waals surface area contributed by atoms with Crippen LogP contribution in [0.3, 0.4) is 0 Å². The highest BCUT2D eigenvalue weighted by atomic mass is 32.2. The maximum Gasteiger partial charge on any atom is 0.136 e. The highest BCUT2D eigenvalue weighted by molar-refractivity contribution is 7.90. The van der Waals surface area contributed by atoms with Crippen LogP contribution >= 0.6 is 0 Å². The molecule has 1 N–H and O–H groups in total. The van der Waals surface area contributed by atoms with E-state index in [0.29, 0.717) is 5.92 Å². The molecule has 3 heteroatoms. The second-order valence-electron chi connectivity index (χ2n) is 6.88. The minimum atomic E-state index is -1.06. The summed E-state index contributed by atoms with van der Waals surface area (Å²) in [4.78, 5) is 0. The van der Waals surface area contributed by atoms with Gasteiger partial charge >= 0.3 is 0 Å². The highest BCUT2D eigenvalue weighted by Gasteiger charge is 2.37. The first-order valence-electron chi connectivity index (χ1n) is 7.78. The minimum Gasteiger partial charge on any atom is -0.598 e. The van der Waals surface area contributed by atoms with E-state index in [0.717, 1.165) is 6.42 Å². The van der Waals surface area contributed by atoms with Gasteiger partial charge in [-0.2, -0.15) is 0 Å². The summed E-state index contributed by atoms with van der Waals surface area (Å²) in [5.41, 5.74) is 3.98. The lowest BCUT2D eigenvalue weighted by Gasteiger charge is -2.26. The molecule has 3 atom stereocenters. The van der Waals surface area contributed by atoms with E-state index in [1.54, 1.807) is 0 Å². The largest absolute Gasteiger partial charge is 0.598 e. The minimum absolute atomic E-state index is 0.154. The van der Waals surface area contributed by atoms with E-state index >= 15 is 0 Å². The van der Waals surface area contributed by atoms with Crippen LogP contribution in [0.2, 0.25) is 0 Å². The number of hydrogen-bond donors (Lipinski definition) is 1. The van der Waals surface area contributed by atoms with Gasteiger partial charge in [0, 0.05) is 17.3 Å². The summed E-state index contributed by atoms with van der Waals surface area (Å²) in [6.07, 6.45) is 0.963. The molecule has 2 nitrogen and oxygen atoms in total. The monoisotopic (exact) mass is 313 g/mol. The third-order valence-electron chi connectivity index (χ3n) is 4.23. The van der Waals surface area contributed by atoms with E-state index in [9.17, 15) is 4.55 Å². The predicted molar refractivity (Wildman–Crippen MR) is 93.1 cm³/mol. The average molecular weight is 313 g/mol. The normalized spacial score (nSPS) is 22.4. The molecule has 0 aliphatic heterocycles. The van der Waals surface area contributed by atoms with Gasteiger partial charge < -0.3 is 4.55 Å². The second kappa shape index (κ2) is 6.07. The molecule has 2 aromatic carbocycles. The standard InChI is InChI=1S/C19H23NOS/c1-19(2,3)22(21)20-18-13-17(14-9-5-4-6-10-14)15-11-7-8-12-16(15)18/h4-12,17-18,20H,13H2,1-3H3/t17-,18-,22-/m1/s1. The molecule has 3 rings (SSSR count). The number of hydrogen-bond acceptors (Lipinski definition) is 2. The molecule has 1 aliphatic carbocycles. The van der Waals surface area contributed by atoms with Crippen LogP contribution in [-0.2, 0) is 11.4 Å². The predicted octanol–water partition coefficient (Wildman–Crippen LogP) is 4.32. The van der Waals surface area contributed by atoms with E-state index in [1.807, 2.05) is 20.8 Å². The first-order chi connectivity index (χ1) is 10.5. The van der Waals surface area contributed by atoms with E-state index in [4.69, 9.17) is 0 Å². The van der Waals surface area contributed by atoms with E-state index in [-0.39, 0.29) is 10.8 Å². The van der Waals surface area contributed by atoms with E-state index < -0.39 is 11.4 Å². The zero-order valence-electron chi connectivity index (χ0n) is 13.4. The molecule has 0 saturated carbocycles. The fraction of sp³-hybridized carbons (Fsp3) is 0.368. The maximum atomic E-state index is 12.5. The molecule has 0 unspecified atom stereocenters. The molecule has 0 fully saturated rings. The van der Waals surface area contributed by atoms with Crippen molar-refractivity contribution in [2.24, 2.45) is 0 Å². The van der Waals surface area contributed by atoms with Crippen molar-refractivity contribution in [2.45, 2.75) is 43.9 Å². The Labute approximate surface area is 136 Å². The Morgan fingerprint density at radius 2 is 1.55 bits per heavy atom. The summed E-state index contributed by atoms with van der Waals surface area (Å²) in [6.45, 7) is 6.02. The lowest BCUT2D eigenvalue weighted by molar-refractivity contribution is 0.517. The number of fused-ring (bicyclic) bond motifs is 1. The molecule has 0 bridgehead atoms. The van der Waals surface area contributed by atoms with Gasteiger partial charge in [-0.15, -0.1) is 4.72 Å². The third-order valence-corrected chi connectivity index (χ3v) is 5.84. The van der Waals surface area contributed by atoms with Crippen molar-refractivity contribution in [3.05, 3.63) is 71.3 Å². The van der Waals surface area contributed by atoms with Crippen LogP contribution in [0.1, 0.15) is 55.8 Å². The summed E-state index contributed by atoms with van der Waals surface area (Å²) in [5, 5.41) is 0. The lowest BCUT2D eigenvalue weighted by atomic mass is 9.93. The SMILES string of the molecule is CC(C)(C)[S@@+]([O-])N[C@@H]1C[C@H](c2ccccc2)c2ccccc21. The number of benzene rings is 2. The Hall–Kier alpha value is -1.29. The van der Waals surface area contributed by atoms with Gasteiger partial charge in [-0.3, -0.25) is 0 Å². The molecule has 0 spiro atoms. The second-order valence-corrected chi connectivity index (χ2v) is 8.88. The van der Waals surface area contributed by atoms with Crippen LogP contribution in [0.25, 0.3) is 0 Å². The fourth-order valence-corrected chi connectivity index (χ4v) is 3.89. The lowest BCUT2D eigenvalue weighted by Crippen LogP contribution is -2.40. The molecule has 116 valence electrons. The van der Waals surface area contributed by atoms with Gasteiger partial charge in [0.15, 0.2) is 0 Å². The van der Waals surface area contributed by atoms with Crippen LogP contribution in [0.4, 0.5) is 0 Å². The van der Waals surface area contributed by atoms with Crippen LogP contribution < -0.4 is 4.72 Å². The summed E-state index contributed by atoms with van der Waals surface area (Å²) in [6, 6.07) is 19.3. The van der Waals surface area contributed by atoms with Gasteiger partial charge in [-0.25, -0.2) is 0 Å². The molecule has 0 radical (unpaired) electrons. The zero-order chi connectivity index (χ0) is 15.7. The smallest absolute Gasteiger partial charge is 0.136 e. The van der Waals surface area contributed by atoms with Crippen LogP contribution in [0, 0.1) is 0 Å². The molecule has 0 saturated heterocycles. The van der Waals surface area contributed by atoms with Gasteiger partial charge in [-0.05, 0) is 43.9 Å². The maximum absolute atomic E-state index is 12.5. The quantitative estimate of drug-likeness (QED) is 0.857. The highest BCUT2D eigenvalue weighted by Crippen LogP contribution is 2.44. The van der Waals surface area contributed by atoms with Crippen molar-refractivity contribution < 1.29 is 4.55 Å². The molecule has 0 heterocycles. The molecular weight excluding hydrogens is 290 g/mol. The van der Waals surface area contributed by atoms with Crippen molar-refractivity contribution in [2.75, 3.05) is 0 Å². The van der Waals surface area contributed by atoms with E-state index in [1.165, 1.54) is 16.7 Å². The molecule has 2 aromatic rings. The number of nitrogens with one attached hydrogen (secondary N) is 1. The van der Waals surface area contributed by atoms with Crippen molar-refractivity contribution >= 4 is 11.4 Å². The first-order valence-corrected chi connectivity index (χ1v) is 8.93. The van der Waals surface area contributed by atoms with Crippen LogP contribution in [-0.4, -0.2) is 9.30 Å². The Kier molecular flexibility index (Phi) is 4.31. The third kappa shape index (κ3) is 3.07. The Morgan fingerprint density at radius 3 is 2.18 bits per heavy atom. The van der Waals surface area contributed by atoms with Crippen LogP contribution in [0.5, 0.6) is 0 Å². The van der Waals surface area contributed by atoms with Gasteiger partial charge in [0.25, 0.3) is 0 Å². The Morgan fingerprint density at radius 1 is 0.955 bits per heavy atom. The summed E-state index contributed by atoms with van der Waals surface area (Å²) >= 11 is -1.06. The first kappa shape index (κ1) is 15.6. The van der Waals surface area contributed by atoms with Crippen LogP contribution in [0.15, 0.2) is 54.6 Å². The Bertz CT molecular complexity index is 635. The molecular formula is C19H23NOS. The van der Waals surface area contributed by atoms with Crippen molar-refractivity contribution in [1.29, 1.82) is 0 Å². The van der Waals surface area contributed by atoms with Gasteiger partial charge in [0.05, 0.1) is 6.04 Å². The van der Waals surface area contributed by atoms with Gasteiger partial charge in [0.2, 0.25) is 0 Å². The van der Waals surface area contributed by atoms with Crippen molar-refractivity contribution in [3.8, 4) is 0 Å². The molecule has 1 aliphatic rings. The number of rotatable bonds is 3. The van der Waals surface area contributed by atoms with E-state index in [2.05, 4.69) is 59.3 Å². The molecule has 0 amide bonds. The van der Waals surface area contributed by atoms with Gasteiger partial charge in [0.1, 0.15) is 4.75 Å². The van der Waals surface area contributed by atoms with Crippen molar-refractivity contribution in [1.82, 2.24) is 4.72 Å². The summed E-state index contributed by atoms with van der Waals surface area (Å²) < 4.78 is 15.6. The topological polar surface area (TPSA) is 35.1 Å².